The van der Waals surface area contributed by atoms with E-state index in [-0.39, 0.29) is 57.9 Å². The monoisotopic (exact) mass is 1030 g/mol. The fourth-order valence-corrected chi connectivity index (χ4v) is 14.7. The number of hydrogen-bond acceptors (Lipinski definition) is 10. The molecule has 12 rings (SSSR count). The number of rotatable bonds is 8. The molecule has 0 aromatic heterocycles. The van der Waals surface area contributed by atoms with E-state index < -0.39 is 0 Å². The second-order valence-electron chi connectivity index (χ2n) is 25.4. The largest absolute Gasteiger partial charge is 0.466 e. The minimum absolute atomic E-state index is 0.00176. The Morgan fingerprint density at radius 1 is 0.600 bits per heavy atom. The zero-order valence-electron chi connectivity index (χ0n) is 47.8. The number of nitriles is 1. The highest BCUT2D eigenvalue weighted by molar-refractivity contribution is 6.05. The molecule has 0 radical (unpaired) electrons. The van der Waals surface area contributed by atoms with Crippen LogP contribution in [0.2, 0.25) is 0 Å². The van der Waals surface area contributed by atoms with Crippen LogP contribution in [-0.2, 0) is 38.2 Å². The quantitative estimate of drug-likeness (QED) is 0.146. The van der Waals surface area contributed by atoms with Gasteiger partial charge in [-0.05, 0) is 192 Å². The maximum Gasteiger partial charge on any atom is 0.333 e. The summed E-state index contributed by atoms with van der Waals surface area (Å²) in [6.07, 6.45) is 25.7. The van der Waals surface area contributed by atoms with Gasteiger partial charge in [0.05, 0.1) is 18.6 Å². The molecule has 2 amide bonds. The number of carbonyl (C=O) groups is 5. The molecule has 10 saturated carbocycles. The first-order valence-electron chi connectivity index (χ1n) is 27.9. The Bertz CT molecular complexity index is 2140. The average molecular weight is 1030 g/mol. The van der Waals surface area contributed by atoms with Crippen molar-refractivity contribution < 1.29 is 38.2 Å². The molecule has 1 saturated heterocycles. The summed E-state index contributed by atoms with van der Waals surface area (Å²) in [4.78, 5) is 57.4. The summed E-state index contributed by atoms with van der Waals surface area (Å²) in [6.45, 7) is 34.5. The number of fused-ring (bicyclic) bond motifs is 2. The van der Waals surface area contributed by atoms with Gasteiger partial charge in [0.15, 0.2) is 0 Å². The van der Waals surface area contributed by atoms with E-state index in [2.05, 4.69) is 76.0 Å². The van der Waals surface area contributed by atoms with Crippen molar-refractivity contribution in [2.45, 2.75) is 207 Å². The lowest BCUT2D eigenvalue weighted by atomic mass is 9.49. The van der Waals surface area contributed by atoms with Crippen LogP contribution in [0.1, 0.15) is 190 Å². The molecule has 10 bridgehead atoms. The Morgan fingerprint density at radius 2 is 0.973 bits per heavy atom. The Labute approximate surface area is 452 Å². The number of nitrogens with one attached hydrogen (secondary N) is 2. The predicted molar refractivity (Wildman–Crippen MR) is 300 cm³/mol. The van der Waals surface area contributed by atoms with Crippen LogP contribution < -0.4 is 10.6 Å². The van der Waals surface area contributed by atoms with Crippen LogP contribution in [0.5, 0.6) is 0 Å². The van der Waals surface area contributed by atoms with E-state index in [1.165, 1.54) is 70.0 Å². The Morgan fingerprint density at radius 3 is 1.27 bits per heavy atom. The lowest BCUT2D eigenvalue weighted by Gasteiger charge is -2.55. The van der Waals surface area contributed by atoms with Gasteiger partial charge < -0.3 is 19.5 Å². The number of imide groups is 1. The first-order chi connectivity index (χ1) is 35.1. The minimum atomic E-state index is -0.347. The molecule has 1 heterocycles. The topological polar surface area (TPSA) is 161 Å². The summed E-state index contributed by atoms with van der Waals surface area (Å²) in [5.41, 5.74) is 2.68. The summed E-state index contributed by atoms with van der Waals surface area (Å²) in [5.74, 6) is 5.84. The van der Waals surface area contributed by atoms with Gasteiger partial charge in [0, 0.05) is 53.1 Å². The number of amides is 2. The van der Waals surface area contributed by atoms with E-state index in [4.69, 9.17) is 14.7 Å². The number of benzene rings is 1. The van der Waals surface area contributed by atoms with Crippen molar-refractivity contribution in [3.8, 4) is 6.07 Å². The summed E-state index contributed by atoms with van der Waals surface area (Å²) >= 11 is 0. The molecule has 11 aliphatic rings. The van der Waals surface area contributed by atoms with Crippen molar-refractivity contribution >= 4 is 35.8 Å². The molecule has 11 fully saturated rings. The Hall–Kier alpha value is -5.08. The van der Waals surface area contributed by atoms with Crippen molar-refractivity contribution in [1.29, 1.82) is 5.26 Å². The Balaban J connectivity index is 0.000000200. The fraction of sp³-hybridized carbons (Fsp3) is 0.656. The highest BCUT2D eigenvalue weighted by Crippen LogP contribution is 2.60. The van der Waals surface area contributed by atoms with Gasteiger partial charge in [-0.25, -0.2) is 14.4 Å². The molecule has 11 heteroatoms. The molecular weight excluding hydrogens is 939 g/mol. The smallest absolute Gasteiger partial charge is 0.333 e. The van der Waals surface area contributed by atoms with Crippen LogP contribution in [0.3, 0.4) is 0 Å². The van der Waals surface area contributed by atoms with Crippen LogP contribution in [-0.4, -0.2) is 59.6 Å². The molecule has 2 N–H and O–H groups in total. The minimum Gasteiger partial charge on any atom is -0.466 e. The third-order valence-electron chi connectivity index (χ3n) is 16.8. The van der Waals surface area contributed by atoms with Crippen LogP contribution in [0.4, 0.5) is 0 Å². The average Bonchev–Trinajstić information content (AvgIpc) is 3.98. The standard InChI is InChI=1S/C15H21NO2.C14H20O2.C13H23NO2.C8H8.C7H12.C5H8O2.C2H3N/c1-9(2)13(17)16-14(18)15-6-10-3-11(7-15)5-12(4-10)8-15;1-9(2)13(15)16-14-6-10-3-11(7-14)5-12(4-10)8-14;1-9(2)11(15)16-10-7-12(3,4)14-13(5,6)8-10;1-2-8-6-4-3-5-7-8;1-2-7-4-3-6(1)5-7;1-4(2)5(6)7-3;1-2-3/h10-12H,1,3-8H2,2H3,(H,16,17,18);10-12H,1,3-8H2,2H3;10,14H,1,7-8H2,2-6H3;2-7H,1H2;6-7H,1-5H2;1H2,2-3H3;1H3. The zero-order valence-corrected chi connectivity index (χ0v) is 47.8. The zero-order chi connectivity index (χ0) is 55.9. The molecule has 1 aromatic rings. The third kappa shape index (κ3) is 19.5. The van der Waals surface area contributed by atoms with E-state index in [0.29, 0.717) is 22.3 Å². The number of methoxy groups -OCH3 is 1. The van der Waals surface area contributed by atoms with Crippen LogP contribution in [0, 0.1) is 64.1 Å². The SMILES string of the molecule is C1CC2CCC1C2.C=C(C)C(=O)NC(=O)C12CC3CC(CC(C3)C1)C2.C=C(C)C(=O)OC.C=C(C)C(=O)OC12CC3CC(CC(C3)C1)C2.C=C(C)C(=O)OC1CC(C)(C)NC(C)(C)C1.C=Cc1ccccc1.CC#N. The highest BCUT2D eigenvalue weighted by atomic mass is 16.6. The molecule has 0 unspecified atom stereocenters. The maximum atomic E-state index is 12.4. The molecule has 1 aliphatic heterocycles. The van der Waals surface area contributed by atoms with Gasteiger partial charge >= 0.3 is 17.9 Å². The van der Waals surface area contributed by atoms with Crippen molar-refractivity contribution in [3.63, 3.8) is 0 Å². The normalized spacial score (nSPS) is 30.5. The summed E-state index contributed by atoms with van der Waals surface area (Å²) in [7, 11) is 1.33. The van der Waals surface area contributed by atoms with Crippen molar-refractivity contribution in [2.24, 2.45) is 52.8 Å². The third-order valence-corrected chi connectivity index (χ3v) is 16.8. The van der Waals surface area contributed by atoms with E-state index in [1.807, 2.05) is 36.4 Å². The lowest BCUT2D eigenvalue weighted by molar-refractivity contribution is -0.182. The number of hydrogen-bond donors (Lipinski definition) is 2. The van der Waals surface area contributed by atoms with Gasteiger partial charge in [0.2, 0.25) is 5.91 Å². The number of nitrogens with zero attached hydrogens (tertiary/aromatic N) is 1. The van der Waals surface area contributed by atoms with E-state index in [1.54, 1.807) is 65.9 Å². The van der Waals surface area contributed by atoms with Gasteiger partial charge in [0.1, 0.15) is 11.7 Å². The molecule has 414 valence electrons. The molecule has 0 spiro atoms. The molecule has 75 heavy (non-hydrogen) atoms. The summed E-state index contributed by atoms with van der Waals surface area (Å²) in [6, 6.07) is 11.8. The van der Waals surface area contributed by atoms with Crippen LogP contribution >= 0.6 is 0 Å². The predicted octanol–water partition coefficient (Wildman–Crippen LogP) is 13.7. The maximum absolute atomic E-state index is 12.4. The first-order valence-corrected chi connectivity index (χ1v) is 27.9. The van der Waals surface area contributed by atoms with Gasteiger partial charge in [-0.15, -0.1) is 0 Å². The van der Waals surface area contributed by atoms with Gasteiger partial charge in [-0.3, -0.25) is 14.9 Å². The number of ether oxygens (including phenoxy) is 3. The van der Waals surface area contributed by atoms with E-state index in [9.17, 15) is 24.0 Å². The van der Waals surface area contributed by atoms with E-state index in [0.717, 1.165) is 86.9 Å². The molecular formula is C64H95N3O8. The Kier molecular flexibility index (Phi) is 23.2. The number of esters is 3. The lowest BCUT2D eigenvalue weighted by Crippen LogP contribution is -2.59. The molecule has 10 aliphatic carbocycles. The second-order valence-corrected chi connectivity index (χ2v) is 25.4. The summed E-state index contributed by atoms with van der Waals surface area (Å²) < 4.78 is 15.5. The summed E-state index contributed by atoms with van der Waals surface area (Å²) in [5, 5.41) is 13.4. The fourth-order valence-electron chi connectivity index (χ4n) is 14.7. The molecule has 0 atom stereocenters. The van der Waals surface area contributed by atoms with E-state index >= 15 is 0 Å². The molecule has 11 nitrogen and oxygen atoms in total. The van der Waals surface area contributed by atoms with Crippen molar-refractivity contribution in [1.82, 2.24) is 10.6 Å². The first kappa shape index (κ1) is 62.5. The highest BCUT2D eigenvalue weighted by Gasteiger charge is 2.55. The van der Waals surface area contributed by atoms with Gasteiger partial charge in [0.25, 0.3) is 5.91 Å². The molecule has 1 aromatic carbocycles. The van der Waals surface area contributed by atoms with Gasteiger partial charge in [-0.2, -0.15) is 5.26 Å². The number of piperidine rings is 1. The van der Waals surface area contributed by atoms with Crippen molar-refractivity contribution in [2.75, 3.05) is 7.11 Å². The van der Waals surface area contributed by atoms with Crippen LogP contribution in [0.25, 0.3) is 6.08 Å². The van der Waals surface area contributed by atoms with Crippen LogP contribution in [0.15, 0.2) is 85.5 Å². The second kappa shape index (κ2) is 27.8. The number of carbonyl (C=O) groups excluding carboxylic acids is 5. The van der Waals surface area contributed by atoms with Gasteiger partial charge in [-0.1, -0.05) is 95.0 Å². The van der Waals surface area contributed by atoms with Crippen molar-refractivity contribution in [3.05, 3.63) is 91.1 Å².